The SMILES string of the molecule is CC(=O)N1CCC[C@H](c2nc(-c3c[nH]c4ncccc34)cs2)C1. The predicted octanol–water partition coefficient (Wildman–Crippen LogP) is 3.41. The molecular formula is C17H18N4OS. The van der Waals surface area contributed by atoms with E-state index in [0.717, 1.165) is 53.2 Å². The van der Waals surface area contributed by atoms with Crippen molar-refractivity contribution in [1.29, 1.82) is 0 Å². The van der Waals surface area contributed by atoms with Crippen LogP contribution in [-0.4, -0.2) is 38.8 Å². The van der Waals surface area contributed by atoms with Crippen molar-refractivity contribution < 1.29 is 4.79 Å². The fraction of sp³-hybridized carbons (Fsp3) is 0.353. The van der Waals surface area contributed by atoms with Gasteiger partial charge < -0.3 is 9.88 Å². The van der Waals surface area contributed by atoms with Gasteiger partial charge in [0.1, 0.15) is 5.65 Å². The van der Waals surface area contributed by atoms with Gasteiger partial charge in [0.15, 0.2) is 0 Å². The molecule has 1 N–H and O–H groups in total. The molecule has 0 saturated carbocycles. The normalized spacial score (nSPS) is 18.5. The van der Waals surface area contributed by atoms with Gasteiger partial charge in [0.05, 0.1) is 10.7 Å². The number of aromatic nitrogens is 3. The molecule has 0 spiro atoms. The summed E-state index contributed by atoms with van der Waals surface area (Å²) in [5, 5.41) is 4.33. The van der Waals surface area contributed by atoms with E-state index in [1.165, 1.54) is 0 Å². The number of rotatable bonds is 2. The van der Waals surface area contributed by atoms with Gasteiger partial charge in [0.25, 0.3) is 0 Å². The number of nitrogens with zero attached hydrogens (tertiary/aromatic N) is 3. The second-order valence-electron chi connectivity index (χ2n) is 5.98. The van der Waals surface area contributed by atoms with Gasteiger partial charge in [-0.1, -0.05) is 0 Å². The molecule has 1 atom stereocenters. The number of carbonyl (C=O) groups excluding carboxylic acids is 1. The zero-order chi connectivity index (χ0) is 15.8. The minimum absolute atomic E-state index is 0.161. The van der Waals surface area contributed by atoms with Crippen molar-refractivity contribution in [3.8, 4) is 11.3 Å². The molecule has 5 nitrogen and oxygen atoms in total. The molecule has 0 unspecified atom stereocenters. The third-order valence-corrected chi connectivity index (χ3v) is 5.47. The van der Waals surface area contributed by atoms with Crippen molar-refractivity contribution in [3.05, 3.63) is 34.9 Å². The van der Waals surface area contributed by atoms with E-state index in [-0.39, 0.29) is 5.91 Å². The van der Waals surface area contributed by atoms with E-state index >= 15 is 0 Å². The second-order valence-corrected chi connectivity index (χ2v) is 6.87. The Morgan fingerprint density at radius 1 is 1.48 bits per heavy atom. The summed E-state index contributed by atoms with van der Waals surface area (Å²) in [6, 6.07) is 4.00. The third-order valence-electron chi connectivity index (χ3n) is 4.46. The number of thiazole rings is 1. The van der Waals surface area contributed by atoms with Crippen molar-refractivity contribution in [2.24, 2.45) is 0 Å². The molecule has 0 aromatic carbocycles. The molecule has 3 aromatic rings. The van der Waals surface area contributed by atoms with Crippen molar-refractivity contribution in [2.45, 2.75) is 25.7 Å². The zero-order valence-electron chi connectivity index (χ0n) is 13.0. The van der Waals surface area contributed by atoms with Gasteiger partial charge in [0.2, 0.25) is 5.91 Å². The number of piperidine rings is 1. The number of hydrogen-bond donors (Lipinski definition) is 1. The van der Waals surface area contributed by atoms with Crippen molar-refractivity contribution in [3.63, 3.8) is 0 Å². The van der Waals surface area contributed by atoms with Crippen molar-refractivity contribution in [2.75, 3.05) is 13.1 Å². The Kier molecular flexibility index (Phi) is 3.61. The lowest BCUT2D eigenvalue weighted by molar-refractivity contribution is -0.130. The van der Waals surface area contributed by atoms with Crippen molar-refractivity contribution >= 4 is 28.3 Å². The lowest BCUT2D eigenvalue weighted by Crippen LogP contribution is -2.37. The minimum atomic E-state index is 0.161. The molecule has 3 aromatic heterocycles. The molecule has 1 fully saturated rings. The van der Waals surface area contributed by atoms with Gasteiger partial charge in [-0.2, -0.15) is 0 Å². The number of H-pyrrole nitrogens is 1. The monoisotopic (exact) mass is 326 g/mol. The Morgan fingerprint density at radius 2 is 2.39 bits per heavy atom. The summed E-state index contributed by atoms with van der Waals surface area (Å²) in [5.41, 5.74) is 2.97. The zero-order valence-corrected chi connectivity index (χ0v) is 13.8. The molecule has 1 aliphatic heterocycles. The van der Waals surface area contributed by atoms with Crippen LogP contribution in [0.15, 0.2) is 29.9 Å². The minimum Gasteiger partial charge on any atom is -0.345 e. The fourth-order valence-corrected chi connectivity index (χ4v) is 4.18. The van der Waals surface area contributed by atoms with Gasteiger partial charge in [-0.25, -0.2) is 9.97 Å². The summed E-state index contributed by atoms with van der Waals surface area (Å²) in [5.74, 6) is 0.518. The maximum Gasteiger partial charge on any atom is 0.219 e. The van der Waals surface area contributed by atoms with Crippen LogP contribution >= 0.6 is 11.3 Å². The van der Waals surface area contributed by atoms with Gasteiger partial charge >= 0.3 is 0 Å². The lowest BCUT2D eigenvalue weighted by Gasteiger charge is -2.30. The number of likely N-dealkylation sites (tertiary alicyclic amines) is 1. The number of carbonyl (C=O) groups is 1. The van der Waals surface area contributed by atoms with E-state index in [4.69, 9.17) is 4.98 Å². The Labute approximate surface area is 138 Å². The highest BCUT2D eigenvalue weighted by Crippen LogP contribution is 2.34. The first kappa shape index (κ1) is 14.4. The number of fused-ring (bicyclic) bond motifs is 1. The third kappa shape index (κ3) is 2.63. The van der Waals surface area contributed by atoms with Gasteiger partial charge in [-0.15, -0.1) is 11.3 Å². The number of amides is 1. The average Bonchev–Trinajstić information content (AvgIpc) is 3.21. The number of nitrogens with one attached hydrogen (secondary N) is 1. The first-order chi connectivity index (χ1) is 11.2. The van der Waals surface area contributed by atoms with Crippen LogP contribution in [0.5, 0.6) is 0 Å². The summed E-state index contributed by atoms with van der Waals surface area (Å²) in [6.07, 6.45) is 5.91. The van der Waals surface area contributed by atoms with Crippen LogP contribution in [0.1, 0.15) is 30.7 Å². The van der Waals surface area contributed by atoms with Crippen LogP contribution in [0.25, 0.3) is 22.3 Å². The Hall–Kier alpha value is -2.21. The van der Waals surface area contributed by atoms with Crippen LogP contribution in [0.2, 0.25) is 0 Å². The number of aromatic amines is 1. The van der Waals surface area contributed by atoms with Gasteiger partial charge in [0, 0.05) is 54.7 Å². The highest BCUT2D eigenvalue weighted by atomic mass is 32.1. The van der Waals surface area contributed by atoms with Crippen LogP contribution in [0, 0.1) is 0 Å². The van der Waals surface area contributed by atoms with Gasteiger partial charge in [-0.3, -0.25) is 4.79 Å². The fourth-order valence-electron chi connectivity index (χ4n) is 3.23. The predicted molar refractivity (Wildman–Crippen MR) is 91.4 cm³/mol. The van der Waals surface area contributed by atoms with E-state index in [9.17, 15) is 4.79 Å². The molecule has 118 valence electrons. The number of pyridine rings is 1. The second kappa shape index (κ2) is 5.77. The smallest absolute Gasteiger partial charge is 0.219 e. The Morgan fingerprint density at radius 3 is 3.26 bits per heavy atom. The molecule has 23 heavy (non-hydrogen) atoms. The van der Waals surface area contributed by atoms with Crippen molar-refractivity contribution in [1.82, 2.24) is 19.9 Å². The first-order valence-electron chi connectivity index (χ1n) is 7.86. The topological polar surface area (TPSA) is 61.9 Å². The van der Waals surface area contributed by atoms with Crippen LogP contribution < -0.4 is 0 Å². The maximum atomic E-state index is 11.6. The molecule has 4 heterocycles. The molecule has 4 rings (SSSR count). The molecule has 6 heteroatoms. The van der Waals surface area contributed by atoms with E-state index in [0.29, 0.717) is 5.92 Å². The molecule has 1 amide bonds. The maximum absolute atomic E-state index is 11.6. The largest absolute Gasteiger partial charge is 0.345 e. The van der Waals surface area contributed by atoms with E-state index in [1.807, 2.05) is 17.2 Å². The van der Waals surface area contributed by atoms with E-state index in [1.54, 1.807) is 24.5 Å². The number of hydrogen-bond acceptors (Lipinski definition) is 4. The summed E-state index contributed by atoms with van der Waals surface area (Å²) in [4.78, 5) is 25.9. The average molecular weight is 326 g/mol. The standard InChI is InChI=1S/C17H18N4OS/c1-11(22)21-7-3-4-12(9-21)17-20-15(10-23-17)14-8-19-16-13(14)5-2-6-18-16/h2,5-6,8,10,12H,3-4,7,9H2,1H3,(H,18,19)/t12-/m0/s1. The Bertz CT molecular complexity index is 853. The summed E-state index contributed by atoms with van der Waals surface area (Å²) in [6.45, 7) is 3.31. The summed E-state index contributed by atoms with van der Waals surface area (Å²) in [7, 11) is 0. The summed E-state index contributed by atoms with van der Waals surface area (Å²) >= 11 is 1.69. The van der Waals surface area contributed by atoms with Crippen LogP contribution in [-0.2, 0) is 4.79 Å². The highest BCUT2D eigenvalue weighted by Gasteiger charge is 2.25. The van der Waals surface area contributed by atoms with Crippen LogP contribution in [0.4, 0.5) is 0 Å². The highest BCUT2D eigenvalue weighted by molar-refractivity contribution is 7.10. The molecular weight excluding hydrogens is 308 g/mol. The lowest BCUT2D eigenvalue weighted by atomic mass is 9.98. The molecule has 1 aliphatic rings. The summed E-state index contributed by atoms with van der Waals surface area (Å²) < 4.78 is 0. The molecule has 0 bridgehead atoms. The van der Waals surface area contributed by atoms with E-state index < -0.39 is 0 Å². The van der Waals surface area contributed by atoms with Gasteiger partial charge in [-0.05, 0) is 25.0 Å². The van der Waals surface area contributed by atoms with Crippen LogP contribution in [0.3, 0.4) is 0 Å². The quantitative estimate of drug-likeness (QED) is 0.785. The van der Waals surface area contributed by atoms with E-state index in [2.05, 4.69) is 21.4 Å². The first-order valence-corrected chi connectivity index (χ1v) is 8.74. The Balaban J connectivity index is 1.63. The molecule has 1 saturated heterocycles. The molecule has 0 aliphatic carbocycles. The molecule has 0 radical (unpaired) electrons.